The summed E-state index contributed by atoms with van der Waals surface area (Å²) in [6.07, 6.45) is 0. The molecule has 3 aromatic rings. The van der Waals surface area contributed by atoms with Crippen molar-refractivity contribution >= 4 is 11.7 Å². The Hall–Kier alpha value is -3.08. The molecule has 4 nitrogen and oxygen atoms in total. The summed E-state index contributed by atoms with van der Waals surface area (Å²) in [5.74, 6) is 1.19. The molecule has 2 aromatic carbocycles. The van der Waals surface area contributed by atoms with Crippen LogP contribution >= 0.6 is 0 Å². The summed E-state index contributed by atoms with van der Waals surface area (Å²) in [5, 5.41) is 2.94. The van der Waals surface area contributed by atoms with Crippen LogP contribution in [0.25, 0.3) is 0 Å². The van der Waals surface area contributed by atoms with Gasteiger partial charge in [0.2, 0.25) is 0 Å². The van der Waals surface area contributed by atoms with Gasteiger partial charge in [-0.2, -0.15) is 0 Å². The van der Waals surface area contributed by atoms with Crippen molar-refractivity contribution in [3.8, 4) is 0 Å². The minimum atomic E-state index is -0.300. The predicted octanol–water partition coefficient (Wildman–Crippen LogP) is 5.27. The van der Waals surface area contributed by atoms with Gasteiger partial charge in [-0.1, -0.05) is 30.3 Å². The molecule has 0 aliphatic carbocycles. The van der Waals surface area contributed by atoms with Crippen LogP contribution in [0.4, 0.5) is 14.9 Å². The average Bonchev–Trinajstić information content (AvgIpc) is 3.03. The highest BCUT2D eigenvalue weighted by atomic mass is 19.1. The number of carbonyl (C=O) groups excluding carboxylic acids is 1. The highest BCUT2D eigenvalue weighted by Gasteiger charge is 2.17. The van der Waals surface area contributed by atoms with Gasteiger partial charge in [0.05, 0.1) is 6.54 Å². The van der Waals surface area contributed by atoms with Crippen molar-refractivity contribution in [1.29, 1.82) is 0 Å². The van der Waals surface area contributed by atoms with Gasteiger partial charge in [0.15, 0.2) is 0 Å². The summed E-state index contributed by atoms with van der Waals surface area (Å²) in [4.78, 5) is 14.5. The van der Waals surface area contributed by atoms with Crippen molar-refractivity contribution in [2.24, 2.45) is 0 Å². The molecule has 0 aliphatic heterocycles. The van der Waals surface area contributed by atoms with E-state index in [0.717, 1.165) is 22.6 Å². The Morgan fingerprint density at radius 1 is 1.00 bits per heavy atom. The Labute approximate surface area is 152 Å². The average molecular weight is 352 g/mol. The number of aryl methyl sites for hydroxylation is 2. The molecule has 0 fully saturated rings. The molecule has 1 aromatic heterocycles. The van der Waals surface area contributed by atoms with Crippen molar-refractivity contribution in [3.63, 3.8) is 0 Å². The van der Waals surface area contributed by atoms with Crippen LogP contribution in [0.5, 0.6) is 0 Å². The Kier molecular flexibility index (Phi) is 5.37. The molecule has 1 heterocycles. The first-order valence-corrected chi connectivity index (χ1v) is 8.42. The van der Waals surface area contributed by atoms with Crippen LogP contribution < -0.4 is 5.32 Å². The lowest BCUT2D eigenvalue weighted by Crippen LogP contribution is -2.34. The molecule has 0 spiro atoms. The van der Waals surface area contributed by atoms with E-state index in [9.17, 15) is 9.18 Å². The third kappa shape index (κ3) is 4.51. The molecule has 3 rings (SSSR count). The lowest BCUT2D eigenvalue weighted by Gasteiger charge is -2.23. The van der Waals surface area contributed by atoms with E-state index in [1.165, 1.54) is 12.1 Å². The molecule has 0 saturated carbocycles. The lowest BCUT2D eigenvalue weighted by molar-refractivity contribution is 0.201. The van der Waals surface area contributed by atoms with Crippen LogP contribution in [-0.2, 0) is 13.1 Å². The molecular formula is C21H21FN2O2. The summed E-state index contributed by atoms with van der Waals surface area (Å²) in [6.45, 7) is 4.47. The van der Waals surface area contributed by atoms with Crippen LogP contribution in [-0.4, -0.2) is 10.9 Å². The van der Waals surface area contributed by atoms with E-state index >= 15 is 0 Å². The first kappa shape index (κ1) is 17.7. The van der Waals surface area contributed by atoms with Crippen molar-refractivity contribution in [3.05, 3.63) is 89.1 Å². The lowest BCUT2D eigenvalue weighted by atomic mass is 10.2. The van der Waals surface area contributed by atoms with Gasteiger partial charge in [0.25, 0.3) is 0 Å². The van der Waals surface area contributed by atoms with Gasteiger partial charge >= 0.3 is 6.03 Å². The van der Waals surface area contributed by atoms with E-state index in [2.05, 4.69) is 5.32 Å². The number of halogens is 1. The third-order valence-corrected chi connectivity index (χ3v) is 4.10. The maximum atomic E-state index is 13.2. The molecule has 5 heteroatoms. The minimum Gasteiger partial charge on any atom is -0.464 e. The molecule has 0 unspecified atom stereocenters. The first-order chi connectivity index (χ1) is 12.5. The zero-order valence-corrected chi connectivity index (χ0v) is 14.8. The molecule has 134 valence electrons. The third-order valence-electron chi connectivity index (χ3n) is 4.10. The summed E-state index contributed by atoms with van der Waals surface area (Å²) >= 11 is 0. The number of urea groups is 1. The van der Waals surface area contributed by atoms with Gasteiger partial charge in [-0.3, -0.25) is 0 Å². The fourth-order valence-electron chi connectivity index (χ4n) is 2.68. The standard InChI is InChI=1S/C21H21FN2O2/c1-15-5-3-4-6-20(15)23-21(25)24(14-19-12-7-16(2)26-19)13-17-8-10-18(22)11-9-17/h3-12H,13-14H2,1-2H3,(H,23,25). The number of para-hydroxylation sites is 1. The minimum absolute atomic E-state index is 0.238. The van der Waals surface area contributed by atoms with Crippen LogP contribution in [0.1, 0.15) is 22.6 Å². The molecule has 0 bridgehead atoms. The van der Waals surface area contributed by atoms with Crippen LogP contribution in [0.3, 0.4) is 0 Å². The second kappa shape index (κ2) is 7.87. The monoisotopic (exact) mass is 352 g/mol. The summed E-state index contributed by atoms with van der Waals surface area (Å²) in [5.41, 5.74) is 2.59. The van der Waals surface area contributed by atoms with E-state index < -0.39 is 0 Å². The maximum Gasteiger partial charge on any atom is 0.322 e. The largest absolute Gasteiger partial charge is 0.464 e. The van der Waals surface area contributed by atoms with E-state index in [0.29, 0.717) is 18.8 Å². The zero-order chi connectivity index (χ0) is 18.5. The van der Waals surface area contributed by atoms with E-state index in [-0.39, 0.29) is 11.8 Å². The molecule has 26 heavy (non-hydrogen) atoms. The Bertz CT molecular complexity index is 887. The van der Waals surface area contributed by atoms with Gasteiger partial charge in [-0.25, -0.2) is 9.18 Å². The molecule has 0 aliphatic rings. The normalized spacial score (nSPS) is 10.6. The van der Waals surface area contributed by atoms with Crippen molar-refractivity contribution < 1.29 is 13.6 Å². The molecule has 0 atom stereocenters. The van der Waals surface area contributed by atoms with Gasteiger partial charge in [0, 0.05) is 12.2 Å². The quantitative estimate of drug-likeness (QED) is 0.680. The molecule has 2 amide bonds. The number of amides is 2. The summed E-state index contributed by atoms with van der Waals surface area (Å²) < 4.78 is 18.8. The second-order valence-corrected chi connectivity index (χ2v) is 6.24. The van der Waals surface area contributed by atoms with Gasteiger partial charge in [-0.05, 0) is 55.3 Å². The number of rotatable bonds is 5. The van der Waals surface area contributed by atoms with Crippen molar-refractivity contribution in [2.75, 3.05) is 5.32 Å². The van der Waals surface area contributed by atoms with Gasteiger partial charge < -0.3 is 14.6 Å². The topological polar surface area (TPSA) is 45.5 Å². The fourth-order valence-corrected chi connectivity index (χ4v) is 2.68. The van der Waals surface area contributed by atoms with E-state index in [1.807, 2.05) is 50.2 Å². The number of anilines is 1. The Morgan fingerprint density at radius 3 is 2.38 bits per heavy atom. The SMILES string of the molecule is Cc1ccc(CN(Cc2ccc(F)cc2)C(=O)Nc2ccccc2C)o1. The first-order valence-electron chi connectivity index (χ1n) is 8.42. The number of carbonyl (C=O) groups is 1. The molecule has 0 saturated heterocycles. The smallest absolute Gasteiger partial charge is 0.322 e. The number of nitrogens with one attached hydrogen (secondary N) is 1. The summed E-state index contributed by atoms with van der Waals surface area (Å²) in [7, 11) is 0. The zero-order valence-electron chi connectivity index (χ0n) is 14.8. The Balaban J connectivity index is 1.80. The predicted molar refractivity (Wildman–Crippen MR) is 99.3 cm³/mol. The molecule has 0 radical (unpaired) electrons. The van der Waals surface area contributed by atoms with Crippen molar-refractivity contribution in [1.82, 2.24) is 4.90 Å². The Morgan fingerprint density at radius 2 is 1.73 bits per heavy atom. The van der Waals surface area contributed by atoms with Crippen molar-refractivity contribution in [2.45, 2.75) is 26.9 Å². The van der Waals surface area contributed by atoms with Crippen LogP contribution in [0, 0.1) is 19.7 Å². The number of hydrogen-bond acceptors (Lipinski definition) is 2. The fraction of sp³-hybridized carbons (Fsp3) is 0.190. The number of benzene rings is 2. The number of nitrogens with zero attached hydrogens (tertiary/aromatic N) is 1. The van der Waals surface area contributed by atoms with E-state index in [4.69, 9.17) is 4.42 Å². The van der Waals surface area contributed by atoms with Gasteiger partial charge in [-0.15, -0.1) is 0 Å². The second-order valence-electron chi connectivity index (χ2n) is 6.24. The van der Waals surface area contributed by atoms with Crippen LogP contribution in [0.2, 0.25) is 0 Å². The number of hydrogen-bond donors (Lipinski definition) is 1. The highest BCUT2D eigenvalue weighted by molar-refractivity contribution is 5.90. The maximum absolute atomic E-state index is 13.2. The van der Waals surface area contributed by atoms with Crippen LogP contribution in [0.15, 0.2) is 65.1 Å². The molecular weight excluding hydrogens is 331 g/mol. The highest BCUT2D eigenvalue weighted by Crippen LogP contribution is 2.17. The summed E-state index contributed by atoms with van der Waals surface area (Å²) in [6, 6.07) is 17.2. The van der Waals surface area contributed by atoms with E-state index in [1.54, 1.807) is 17.0 Å². The number of furan rings is 1. The van der Waals surface area contributed by atoms with Gasteiger partial charge in [0.1, 0.15) is 17.3 Å². The molecule has 1 N–H and O–H groups in total.